The lowest BCUT2D eigenvalue weighted by atomic mass is 10.2. The largest absolute Gasteiger partial charge is 0.456 e. The number of aromatic nitrogens is 1. The van der Waals surface area contributed by atoms with Gasteiger partial charge in [-0.2, -0.15) is 5.26 Å². The van der Waals surface area contributed by atoms with Crippen molar-refractivity contribution in [1.29, 1.82) is 5.26 Å². The molecule has 0 bridgehead atoms. The van der Waals surface area contributed by atoms with Crippen molar-refractivity contribution in [3.8, 4) is 6.07 Å². The average Bonchev–Trinajstić information content (AvgIpc) is 3.40. The second-order valence-corrected chi connectivity index (χ2v) is 9.79. The monoisotopic (exact) mass is 472 g/mol. The predicted molar refractivity (Wildman–Crippen MR) is 122 cm³/mol. The molecule has 176 valence electrons. The molecule has 2 aromatic rings. The normalized spacial score (nSPS) is 14.1. The average molecular weight is 473 g/mol. The number of anilines is 1. The SMILES string of the molecule is Cc1c(C#N)c(NC(=O)COC(=O)CCNS(=O)(=O)c2ccccc2)n(C2CCCC2)c1C. The fourth-order valence-corrected chi connectivity index (χ4v) is 5.12. The molecule has 10 heteroatoms. The smallest absolute Gasteiger partial charge is 0.307 e. The summed E-state index contributed by atoms with van der Waals surface area (Å²) in [6.45, 7) is 3.11. The van der Waals surface area contributed by atoms with Crippen LogP contribution in [0, 0.1) is 25.2 Å². The van der Waals surface area contributed by atoms with E-state index in [1.807, 2.05) is 18.4 Å². The molecule has 33 heavy (non-hydrogen) atoms. The zero-order valence-electron chi connectivity index (χ0n) is 18.8. The van der Waals surface area contributed by atoms with Crippen LogP contribution in [0.3, 0.4) is 0 Å². The molecule has 0 saturated heterocycles. The Morgan fingerprint density at radius 1 is 1.18 bits per heavy atom. The molecule has 0 atom stereocenters. The number of hydrogen-bond donors (Lipinski definition) is 2. The molecule has 1 aliphatic carbocycles. The Labute approximate surface area is 193 Å². The molecule has 1 aliphatic rings. The highest BCUT2D eigenvalue weighted by Crippen LogP contribution is 2.37. The molecule has 1 aromatic heterocycles. The number of benzene rings is 1. The summed E-state index contributed by atoms with van der Waals surface area (Å²) in [5, 5.41) is 12.3. The quantitative estimate of drug-likeness (QED) is 0.540. The Hall–Kier alpha value is -3.16. The number of amides is 1. The van der Waals surface area contributed by atoms with Gasteiger partial charge in [-0.25, -0.2) is 13.1 Å². The van der Waals surface area contributed by atoms with Crippen LogP contribution in [0.2, 0.25) is 0 Å². The van der Waals surface area contributed by atoms with Crippen molar-refractivity contribution in [2.75, 3.05) is 18.5 Å². The van der Waals surface area contributed by atoms with E-state index in [0.717, 1.165) is 36.9 Å². The highest BCUT2D eigenvalue weighted by molar-refractivity contribution is 7.89. The summed E-state index contributed by atoms with van der Waals surface area (Å²) < 4.78 is 33.7. The highest BCUT2D eigenvalue weighted by Gasteiger charge is 2.27. The molecule has 0 unspecified atom stereocenters. The van der Waals surface area contributed by atoms with Crippen molar-refractivity contribution < 1.29 is 22.7 Å². The summed E-state index contributed by atoms with van der Waals surface area (Å²) in [4.78, 5) is 24.6. The number of hydrogen-bond acceptors (Lipinski definition) is 6. The maximum absolute atomic E-state index is 12.5. The van der Waals surface area contributed by atoms with Crippen LogP contribution in [0.1, 0.15) is 55.0 Å². The summed E-state index contributed by atoms with van der Waals surface area (Å²) in [5.74, 6) is -0.822. The molecule has 9 nitrogen and oxygen atoms in total. The summed E-state index contributed by atoms with van der Waals surface area (Å²) in [6, 6.07) is 10.2. The van der Waals surface area contributed by atoms with Gasteiger partial charge in [-0.15, -0.1) is 0 Å². The van der Waals surface area contributed by atoms with Crippen molar-refractivity contribution >= 4 is 27.7 Å². The van der Waals surface area contributed by atoms with Gasteiger partial charge in [0.15, 0.2) is 6.61 Å². The molecule has 0 radical (unpaired) electrons. The first-order valence-corrected chi connectivity index (χ1v) is 12.3. The lowest BCUT2D eigenvalue weighted by Gasteiger charge is -2.19. The zero-order chi connectivity index (χ0) is 24.0. The number of carbonyl (C=O) groups is 2. The van der Waals surface area contributed by atoms with Crippen LogP contribution in [-0.4, -0.2) is 38.0 Å². The topological polar surface area (TPSA) is 130 Å². The second-order valence-electron chi connectivity index (χ2n) is 8.02. The lowest BCUT2D eigenvalue weighted by Crippen LogP contribution is -2.28. The van der Waals surface area contributed by atoms with Gasteiger partial charge >= 0.3 is 5.97 Å². The molecule has 1 aromatic carbocycles. The van der Waals surface area contributed by atoms with Gasteiger partial charge < -0.3 is 14.6 Å². The Balaban J connectivity index is 1.54. The summed E-state index contributed by atoms with van der Waals surface area (Å²) >= 11 is 0. The number of sulfonamides is 1. The molecule has 1 amide bonds. The first kappa shape index (κ1) is 24.5. The number of nitriles is 1. The van der Waals surface area contributed by atoms with Crippen LogP contribution < -0.4 is 10.0 Å². The Kier molecular flexibility index (Phi) is 7.89. The van der Waals surface area contributed by atoms with Crippen molar-refractivity contribution in [2.45, 2.75) is 56.9 Å². The third-order valence-electron chi connectivity index (χ3n) is 5.86. The van der Waals surface area contributed by atoms with Gasteiger partial charge in [-0.3, -0.25) is 9.59 Å². The van der Waals surface area contributed by atoms with Gasteiger partial charge in [-0.05, 0) is 44.4 Å². The van der Waals surface area contributed by atoms with E-state index in [1.165, 1.54) is 12.1 Å². The fraction of sp³-hybridized carbons (Fsp3) is 0.435. The van der Waals surface area contributed by atoms with E-state index in [1.54, 1.807) is 18.2 Å². The number of rotatable bonds is 9. The van der Waals surface area contributed by atoms with Gasteiger partial charge in [0.2, 0.25) is 10.0 Å². The van der Waals surface area contributed by atoms with Crippen molar-refractivity contribution in [2.24, 2.45) is 0 Å². The van der Waals surface area contributed by atoms with Gasteiger partial charge in [0.25, 0.3) is 5.91 Å². The molecule has 0 aliphatic heterocycles. The van der Waals surface area contributed by atoms with Gasteiger partial charge in [-0.1, -0.05) is 31.0 Å². The number of nitrogens with one attached hydrogen (secondary N) is 2. The maximum Gasteiger partial charge on any atom is 0.307 e. The van der Waals surface area contributed by atoms with E-state index in [4.69, 9.17) is 4.74 Å². The van der Waals surface area contributed by atoms with Crippen LogP contribution in [0.4, 0.5) is 5.82 Å². The predicted octanol–water partition coefficient (Wildman–Crippen LogP) is 2.94. The van der Waals surface area contributed by atoms with Crippen molar-refractivity contribution in [3.63, 3.8) is 0 Å². The van der Waals surface area contributed by atoms with Crippen LogP contribution >= 0.6 is 0 Å². The molecular formula is C23H28N4O5S. The molecule has 1 saturated carbocycles. The van der Waals surface area contributed by atoms with E-state index < -0.39 is 28.5 Å². The van der Waals surface area contributed by atoms with Gasteiger partial charge in [0.05, 0.1) is 16.9 Å². The van der Waals surface area contributed by atoms with Crippen molar-refractivity contribution in [1.82, 2.24) is 9.29 Å². The summed E-state index contributed by atoms with van der Waals surface area (Å²) in [5.41, 5.74) is 2.17. The minimum Gasteiger partial charge on any atom is -0.456 e. The van der Waals surface area contributed by atoms with Crippen LogP contribution in [-0.2, 0) is 24.3 Å². The van der Waals surface area contributed by atoms with E-state index >= 15 is 0 Å². The molecule has 3 rings (SSSR count). The molecule has 1 heterocycles. The minimum absolute atomic E-state index is 0.0990. The highest BCUT2D eigenvalue weighted by atomic mass is 32.2. The summed E-state index contributed by atoms with van der Waals surface area (Å²) in [7, 11) is -3.72. The Bertz CT molecular complexity index is 1160. The molecule has 0 spiro atoms. The number of ether oxygens (including phenoxy) is 1. The van der Waals surface area contributed by atoms with Gasteiger partial charge in [0, 0.05) is 18.3 Å². The number of nitrogens with zero attached hydrogens (tertiary/aromatic N) is 2. The van der Waals surface area contributed by atoms with Gasteiger partial charge in [0.1, 0.15) is 11.9 Å². The first-order valence-electron chi connectivity index (χ1n) is 10.9. The third kappa shape index (κ3) is 5.80. The second kappa shape index (κ2) is 10.6. The molecule has 2 N–H and O–H groups in total. The molecule has 1 fully saturated rings. The fourth-order valence-electron chi connectivity index (χ4n) is 4.06. The van der Waals surface area contributed by atoms with E-state index in [0.29, 0.717) is 11.4 Å². The Morgan fingerprint density at radius 2 is 1.85 bits per heavy atom. The maximum atomic E-state index is 12.5. The first-order chi connectivity index (χ1) is 15.7. The van der Waals surface area contributed by atoms with Crippen molar-refractivity contribution in [3.05, 3.63) is 47.2 Å². The van der Waals surface area contributed by atoms with Crippen LogP contribution in [0.5, 0.6) is 0 Å². The van der Waals surface area contributed by atoms with Crippen LogP contribution in [0.25, 0.3) is 0 Å². The summed E-state index contributed by atoms with van der Waals surface area (Å²) in [6.07, 6.45) is 3.94. The number of esters is 1. The van der Waals surface area contributed by atoms with E-state index in [9.17, 15) is 23.3 Å². The van der Waals surface area contributed by atoms with E-state index in [-0.39, 0.29) is 23.9 Å². The number of carbonyl (C=O) groups excluding carboxylic acids is 2. The lowest BCUT2D eigenvalue weighted by molar-refractivity contribution is -0.147. The molecular weight excluding hydrogens is 444 g/mol. The van der Waals surface area contributed by atoms with E-state index in [2.05, 4.69) is 16.1 Å². The standard InChI is InChI=1S/C23H28N4O5S/c1-16-17(2)27(18-8-6-7-9-18)23(20(16)14-24)26-21(28)15-32-22(29)12-13-25-33(30,31)19-10-4-3-5-11-19/h3-5,10-11,18,25H,6-9,12-13,15H2,1-2H3,(H,26,28). The van der Waals surface area contributed by atoms with Crippen LogP contribution in [0.15, 0.2) is 35.2 Å². The third-order valence-corrected chi connectivity index (χ3v) is 7.33. The minimum atomic E-state index is -3.72. The Morgan fingerprint density at radius 3 is 2.48 bits per heavy atom. The zero-order valence-corrected chi connectivity index (χ0v) is 19.6.